The van der Waals surface area contributed by atoms with Crippen molar-refractivity contribution in [3.63, 3.8) is 0 Å². The number of rotatable bonds is 6. The fourth-order valence-corrected chi connectivity index (χ4v) is 6.60. The van der Waals surface area contributed by atoms with Gasteiger partial charge in [-0.2, -0.15) is 0 Å². The van der Waals surface area contributed by atoms with Crippen LogP contribution in [-0.2, 0) is 4.79 Å². The average molecular weight is 491 g/mol. The van der Waals surface area contributed by atoms with Crippen LogP contribution in [0.4, 0.5) is 5.69 Å². The van der Waals surface area contributed by atoms with Crippen LogP contribution >= 0.6 is 39.5 Å². The molecular formula is C21H19BrN2O3S2. The minimum atomic E-state index is -0.300. The Bertz CT molecular complexity index is 976. The highest BCUT2D eigenvalue weighted by Gasteiger charge is 2.35. The van der Waals surface area contributed by atoms with Gasteiger partial charge in [0.25, 0.3) is 11.8 Å². The summed E-state index contributed by atoms with van der Waals surface area (Å²) in [4.78, 5) is 38.5. The lowest BCUT2D eigenvalue weighted by atomic mass is 10.1. The quantitative estimate of drug-likeness (QED) is 0.580. The van der Waals surface area contributed by atoms with Crippen molar-refractivity contribution in [1.29, 1.82) is 0 Å². The highest BCUT2D eigenvalue weighted by molar-refractivity contribution is 9.10. The third-order valence-corrected chi connectivity index (χ3v) is 8.38. The molecule has 0 saturated carbocycles. The van der Waals surface area contributed by atoms with Crippen molar-refractivity contribution >= 4 is 62.9 Å². The van der Waals surface area contributed by atoms with Crippen molar-refractivity contribution in [2.24, 2.45) is 0 Å². The number of imide groups is 1. The number of nitrogens with zero attached hydrogens (tertiary/aromatic N) is 1. The van der Waals surface area contributed by atoms with Crippen molar-refractivity contribution in [2.75, 3.05) is 23.4 Å². The number of halogens is 1. The predicted octanol–water partition coefficient (Wildman–Crippen LogP) is 4.94. The minimum Gasteiger partial charge on any atom is -0.326 e. The number of amides is 3. The van der Waals surface area contributed by atoms with Crippen LogP contribution in [0.2, 0.25) is 0 Å². The summed E-state index contributed by atoms with van der Waals surface area (Å²) in [5, 5.41) is 2.93. The third kappa shape index (κ3) is 4.54. The molecule has 0 aromatic heterocycles. The molecule has 5 nitrogen and oxygen atoms in total. The largest absolute Gasteiger partial charge is 0.326 e. The van der Waals surface area contributed by atoms with Crippen molar-refractivity contribution in [2.45, 2.75) is 17.4 Å². The Balaban J connectivity index is 1.30. The van der Waals surface area contributed by atoms with Gasteiger partial charge in [-0.3, -0.25) is 19.3 Å². The molecule has 2 aliphatic heterocycles. The monoisotopic (exact) mass is 490 g/mol. The van der Waals surface area contributed by atoms with Gasteiger partial charge in [0, 0.05) is 34.6 Å². The zero-order valence-electron chi connectivity index (χ0n) is 15.5. The van der Waals surface area contributed by atoms with E-state index in [1.807, 2.05) is 41.7 Å². The van der Waals surface area contributed by atoms with Crippen LogP contribution < -0.4 is 5.32 Å². The Morgan fingerprint density at radius 2 is 1.83 bits per heavy atom. The first-order chi connectivity index (χ1) is 14.0. The van der Waals surface area contributed by atoms with E-state index in [2.05, 4.69) is 27.3 Å². The Labute approximate surface area is 186 Å². The highest BCUT2D eigenvalue weighted by atomic mass is 79.9. The highest BCUT2D eigenvalue weighted by Crippen LogP contribution is 2.45. The van der Waals surface area contributed by atoms with E-state index in [0.29, 0.717) is 22.1 Å². The fourth-order valence-electron chi connectivity index (χ4n) is 3.40. The third-order valence-electron chi connectivity index (χ3n) is 4.78. The number of hydrogen-bond acceptors (Lipinski definition) is 5. The topological polar surface area (TPSA) is 66.5 Å². The summed E-state index contributed by atoms with van der Waals surface area (Å²) in [5.41, 5.74) is 2.83. The molecule has 3 amide bonds. The smallest absolute Gasteiger partial charge is 0.261 e. The number of carbonyl (C=O) groups is 3. The summed E-state index contributed by atoms with van der Waals surface area (Å²) in [6.07, 6.45) is 0.667. The summed E-state index contributed by atoms with van der Waals surface area (Å²) in [6, 6.07) is 13.0. The summed E-state index contributed by atoms with van der Waals surface area (Å²) in [7, 11) is 0. The van der Waals surface area contributed by atoms with Crippen LogP contribution in [0.15, 0.2) is 46.9 Å². The SMILES string of the molecule is O=C(CCCN1C(=O)c2ccc(Br)cc2C1=O)Nc1cccc(C2SCCS2)c1. The Hall–Kier alpha value is -1.77. The Morgan fingerprint density at radius 3 is 2.62 bits per heavy atom. The molecule has 4 rings (SSSR count). The number of anilines is 1. The number of carbonyl (C=O) groups excluding carboxylic acids is 3. The maximum Gasteiger partial charge on any atom is 0.261 e. The first-order valence-electron chi connectivity index (χ1n) is 9.32. The molecule has 2 aromatic carbocycles. The van der Waals surface area contributed by atoms with Gasteiger partial charge in [0.05, 0.1) is 15.7 Å². The van der Waals surface area contributed by atoms with Crippen LogP contribution in [0.1, 0.15) is 43.7 Å². The Morgan fingerprint density at radius 1 is 1.07 bits per heavy atom. The van der Waals surface area contributed by atoms with E-state index in [4.69, 9.17) is 0 Å². The van der Waals surface area contributed by atoms with Crippen molar-refractivity contribution in [3.05, 3.63) is 63.6 Å². The molecule has 0 spiro atoms. The van der Waals surface area contributed by atoms with Crippen LogP contribution in [0.5, 0.6) is 0 Å². The molecule has 1 N–H and O–H groups in total. The number of fused-ring (bicyclic) bond motifs is 1. The van der Waals surface area contributed by atoms with E-state index in [0.717, 1.165) is 21.7 Å². The lowest BCUT2D eigenvalue weighted by Crippen LogP contribution is -2.31. The number of benzene rings is 2. The van der Waals surface area contributed by atoms with Gasteiger partial charge in [-0.1, -0.05) is 28.1 Å². The van der Waals surface area contributed by atoms with Crippen LogP contribution in [0.25, 0.3) is 0 Å². The van der Waals surface area contributed by atoms with Crippen LogP contribution in [-0.4, -0.2) is 40.7 Å². The molecule has 0 atom stereocenters. The molecule has 0 aliphatic carbocycles. The van der Waals surface area contributed by atoms with Gasteiger partial charge in [-0.05, 0) is 42.3 Å². The molecule has 2 aliphatic rings. The summed E-state index contributed by atoms with van der Waals surface area (Å²) >= 11 is 7.17. The Kier molecular flexibility index (Phi) is 6.32. The molecule has 0 unspecified atom stereocenters. The van der Waals surface area contributed by atoms with Crippen molar-refractivity contribution in [1.82, 2.24) is 4.90 Å². The van der Waals surface area contributed by atoms with Crippen molar-refractivity contribution in [3.8, 4) is 0 Å². The second-order valence-electron chi connectivity index (χ2n) is 6.80. The number of hydrogen-bond donors (Lipinski definition) is 1. The van der Waals surface area contributed by atoms with E-state index in [-0.39, 0.29) is 30.7 Å². The lowest BCUT2D eigenvalue weighted by molar-refractivity contribution is -0.116. The van der Waals surface area contributed by atoms with Gasteiger partial charge in [-0.25, -0.2) is 0 Å². The van der Waals surface area contributed by atoms with Crippen LogP contribution in [0, 0.1) is 0 Å². The molecule has 2 aromatic rings. The van der Waals surface area contributed by atoms with Gasteiger partial charge >= 0.3 is 0 Å². The molecule has 150 valence electrons. The first-order valence-corrected chi connectivity index (χ1v) is 12.2. The average Bonchev–Trinajstić information content (AvgIpc) is 3.32. The second-order valence-corrected chi connectivity index (χ2v) is 10.4. The number of thioether (sulfide) groups is 2. The summed E-state index contributed by atoms with van der Waals surface area (Å²) in [6.45, 7) is 0.229. The predicted molar refractivity (Wildman–Crippen MR) is 121 cm³/mol. The van der Waals surface area contributed by atoms with E-state index >= 15 is 0 Å². The van der Waals surface area contributed by atoms with E-state index in [9.17, 15) is 14.4 Å². The van der Waals surface area contributed by atoms with E-state index in [1.165, 1.54) is 10.5 Å². The lowest BCUT2D eigenvalue weighted by Gasteiger charge is -2.14. The normalized spacial score (nSPS) is 16.4. The number of nitrogens with one attached hydrogen (secondary N) is 1. The molecule has 1 saturated heterocycles. The molecule has 0 radical (unpaired) electrons. The van der Waals surface area contributed by atoms with Gasteiger partial charge in [0.2, 0.25) is 5.91 Å². The molecule has 29 heavy (non-hydrogen) atoms. The zero-order valence-corrected chi connectivity index (χ0v) is 18.7. The van der Waals surface area contributed by atoms with Gasteiger partial charge in [0.15, 0.2) is 0 Å². The molecule has 0 bridgehead atoms. The molecular weight excluding hydrogens is 472 g/mol. The molecule has 8 heteroatoms. The maximum absolute atomic E-state index is 12.5. The van der Waals surface area contributed by atoms with Crippen LogP contribution in [0.3, 0.4) is 0 Å². The first kappa shape index (κ1) is 20.5. The standard InChI is InChI=1S/C21H19BrN2O3S2/c22-14-6-7-16-17(12-14)20(27)24(19(16)26)8-2-5-18(25)23-15-4-1-3-13(11-15)21-28-9-10-29-21/h1,3-4,6-7,11-12,21H,2,5,8-10H2,(H,23,25). The summed E-state index contributed by atoms with van der Waals surface area (Å²) < 4.78 is 1.19. The van der Waals surface area contributed by atoms with Gasteiger partial charge in [-0.15, -0.1) is 23.5 Å². The second kappa shape index (κ2) is 8.93. The maximum atomic E-state index is 12.5. The van der Waals surface area contributed by atoms with Gasteiger partial charge in [0.1, 0.15) is 0 Å². The van der Waals surface area contributed by atoms with Crippen molar-refractivity contribution < 1.29 is 14.4 Å². The van der Waals surface area contributed by atoms with E-state index < -0.39 is 0 Å². The van der Waals surface area contributed by atoms with E-state index in [1.54, 1.807) is 18.2 Å². The molecule has 1 fully saturated rings. The molecule has 2 heterocycles. The minimum absolute atomic E-state index is 0.117. The zero-order chi connectivity index (χ0) is 20.4. The van der Waals surface area contributed by atoms with Gasteiger partial charge < -0.3 is 5.32 Å². The summed E-state index contributed by atoms with van der Waals surface area (Å²) in [5.74, 6) is 1.60. The fraction of sp³-hybridized carbons (Fsp3) is 0.286.